The van der Waals surface area contributed by atoms with Gasteiger partial charge in [0.25, 0.3) is 0 Å². The van der Waals surface area contributed by atoms with Crippen LogP contribution in [0.4, 0.5) is 0 Å². The van der Waals surface area contributed by atoms with Crippen LogP contribution in [0, 0.1) is 17.8 Å². The molecule has 0 fully saturated rings. The molecule has 0 aliphatic rings. The van der Waals surface area contributed by atoms with Crippen molar-refractivity contribution in [1.29, 1.82) is 0 Å². The standard InChI is InChI=1S/C26H42N4O6/c1-14(2)11-19(24(33)30-21(26(35)36)13-17-7-9-18(31)10-8-17)28-23(32)20(12-15(3)4)29-25(34)22(27)16(5)6/h7-10,14-16,19-22,31H,11-13,27H2,1-6H3,(H,28,32)(H,29,34)(H,30,33)(H,35,36). The fourth-order valence-corrected chi connectivity index (χ4v) is 3.59. The molecule has 4 atom stereocenters. The summed E-state index contributed by atoms with van der Waals surface area (Å²) in [6, 6.07) is 2.12. The number of benzene rings is 1. The van der Waals surface area contributed by atoms with Crippen molar-refractivity contribution in [1.82, 2.24) is 16.0 Å². The molecular weight excluding hydrogens is 464 g/mol. The minimum Gasteiger partial charge on any atom is -0.508 e. The maximum Gasteiger partial charge on any atom is 0.326 e. The van der Waals surface area contributed by atoms with E-state index in [1.165, 1.54) is 12.1 Å². The number of carboxylic acids is 1. The van der Waals surface area contributed by atoms with Crippen LogP contribution in [0.5, 0.6) is 5.75 Å². The minimum atomic E-state index is -1.23. The first kappa shape index (κ1) is 30.9. The molecule has 0 spiro atoms. The highest BCUT2D eigenvalue weighted by molar-refractivity contribution is 5.94. The lowest BCUT2D eigenvalue weighted by Crippen LogP contribution is -2.58. The summed E-state index contributed by atoms with van der Waals surface area (Å²) in [5, 5.41) is 27.0. The van der Waals surface area contributed by atoms with E-state index < -0.39 is 47.9 Å². The van der Waals surface area contributed by atoms with Gasteiger partial charge in [-0.05, 0) is 48.3 Å². The second kappa shape index (κ2) is 14.4. The van der Waals surface area contributed by atoms with E-state index in [1.807, 2.05) is 41.5 Å². The number of phenols is 1. The molecule has 10 nitrogen and oxygen atoms in total. The van der Waals surface area contributed by atoms with Crippen molar-refractivity contribution in [3.8, 4) is 5.75 Å². The lowest BCUT2D eigenvalue weighted by atomic mass is 9.98. The quantitative estimate of drug-likeness (QED) is 0.222. The van der Waals surface area contributed by atoms with Gasteiger partial charge in [-0.2, -0.15) is 0 Å². The Morgan fingerprint density at radius 3 is 1.56 bits per heavy atom. The molecule has 0 saturated carbocycles. The highest BCUT2D eigenvalue weighted by Crippen LogP contribution is 2.13. The molecule has 1 aromatic rings. The van der Waals surface area contributed by atoms with Gasteiger partial charge in [0.1, 0.15) is 23.9 Å². The van der Waals surface area contributed by atoms with E-state index in [-0.39, 0.29) is 36.3 Å². The van der Waals surface area contributed by atoms with Gasteiger partial charge in [-0.1, -0.05) is 53.7 Å². The number of aliphatic carboxylic acids is 1. The highest BCUT2D eigenvalue weighted by Gasteiger charge is 2.31. The van der Waals surface area contributed by atoms with Crippen molar-refractivity contribution in [2.24, 2.45) is 23.5 Å². The normalized spacial score (nSPS) is 14.7. The molecule has 0 heterocycles. The van der Waals surface area contributed by atoms with Gasteiger partial charge in [0.05, 0.1) is 6.04 Å². The van der Waals surface area contributed by atoms with Crippen LogP contribution in [-0.4, -0.2) is 58.1 Å². The van der Waals surface area contributed by atoms with E-state index in [2.05, 4.69) is 16.0 Å². The Morgan fingerprint density at radius 2 is 1.17 bits per heavy atom. The largest absolute Gasteiger partial charge is 0.508 e. The average molecular weight is 507 g/mol. The molecule has 0 saturated heterocycles. The minimum absolute atomic E-state index is 0.00280. The van der Waals surface area contributed by atoms with Gasteiger partial charge in [-0.3, -0.25) is 14.4 Å². The number of aromatic hydroxyl groups is 1. The molecule has 0 aliphatic heterocycles. The van der Waals surface area contributed by atoms with E-state index in [0.29, 0.717) is 12.0 Å². The summed E-state index contributed by atoms with van der Waals surface area (Å²) < 4.78 is 0. The number of amides is 3. The Labute approximate surface area is 213 Å². The Balaban J connectivity index is 3.02. The first-order valence-electron chi connectivity index (χ1n) is 12.4. The third-order valence-electron chi connectivity index (χ3n) is 5.69. The van der Waals surface area contributed by atoms with E-state index in [4.69, 9.17) is 5.73 Å². The zero-order valence-corrected chi connectivity index (χ0v) is 22.1. The molecule has 4 unspecified atom stereocenters. The molecule has 202 valence electrons. The van der Waals surface area contributed by atoms with Gasteiger partial charge in [-0.15, -0.1) is 0 Å². The summed E-state index contributed by atoms with van der Waals surface area (Å²) in [4.78, 5) is 50.6. The van der Waals surface area contributed by atoms with Gasteiger partial charge < -0.3 is 31.9 Å². The maximum absolute atomic E-state index is 13.2. The van der Waals surface area contributed by atoms with Crippen molar-refractivity contribution >= 4 is 23.7 Å². The van der Waals surface area contributed by atoms with Crippen LogP contribution in [0.3, 0.4) is 0 Å². The summed E-state index contributed by atoms with van der Waals surface area (Å²) >= 11 is 0. The Bertz CT molecular complexity index is 885. The molecule has 3 amide bonds. The third-order valence-corrected chi connectivity index (χ3v) is 5.69. The molecule has 36 heavy (non-hydrogen) atoms. The Morgan fingerprint density at radius 1 is 0.750 bits per heavy atom. The van der Waals surface area contributed by atoms with E-state index in [0.717, 1.165) is 0 Å². The Kier molecular flexibility index (Phi) is 12.4. The number of hydrogen-bond donors (Lipinski definition) is 6. The maximum atomic E-state index is 13.2. The number of carbonyl (C=O) groups excluding carboxylic acids is 3. The number of nitrogens with two attached hydrogens (primary N) is 1. The van der Waals surface area contributed by atoms with Gasteiger partial charge in [0, 0.05) is 6.42 Å². The van der Waals surface area contributed by atoms with Crippen LogP contribution in [0.1, 0.15) is 59.9 Å². The van der Waals surface area contributed by atoms with Crippen LogP contribution in [0.2, 0.25) is 0 Å². The van der Waals surface area contributed by atoms with E-state index in [1.54, 1.807) is 12.1 Å². The van der Waals surface area contributed by atoms with Crippen molar-refractivity contribution in [3.63, 3.8) is 0 Å². The van der Waals surface area contributed by atoms with E-state index >= 15 is 0 Å². The monoisotopic (exact) mass is 506 g/mol. The molecule has 0 aromatic heterocycles. The number of rotatable bonds is 14. The molecule has 7 N–H and O–H groups in total. The van der Waals surface area contributed by atoms with Crippen LogP contribution in [0.15, 0.2) is 24.3 Å². The number of carboxylic acid groups (broad SMARTS) is 1. The van der Waals surface area contributed by atoms with Crippen LogP contribution in [0.25, 0.3) is 0 Å². The van der Waals surface area contributed by atoms with Gasteiger partial charge in [0.15, 0.2) is 0 Å². The number of nitrogens with one attached hydrogen (secondary N) is 3. The Hall–Kier alpha value is -3.14. The second-order valence-corrected chi connectivity index (χ2v) is 10.4. The van der Waals surface area contributed by atoms with Crippen molar-refractivity contribution < 1.29 is 29.4 Å². The summed E-state index contributed by atoms with van der Waals surface area (Å²) in [6.45, 7) is 11.2. The van der Waals surface area contributed by atoms with Gasteiger partial charge in [0.2, 0.25) is 17.7 Å². The molecule has 1 aromatic carbocycles. The second-order valence-electron chi connectivity index (χ2n) is 10.4. The van der Waals surface area contributed by atoms with Crippen LogP contribution in [-0.2, 0) is 25.6 Å². The summed E-state index contributed by atoms with van der Waals surface area (Å²) in [6.07, 6.45) is 0.622. The topological polar surface area (TPSA) is 171 Å². The van der Waals surface area contributed by atoms with Crippen molar-refractivity contribution in [3.05, 3.63) is 29.8 Å². The molecule has 0 radical (unpaired) electrons. The summed E-state index contributed by atoms with van der Waals surface area (Å²) in [7, 11) is 0. The number of hydrogen-bond acceptors (Lipinski definition) is 6. The fourth-order valence-electron chi connectivity index (χ4n) is 3.59. The SMILES string of the molecule is CC(C)CC(NC(=O)C(CC(C)C)NC(=O)C(N)C(C)C)C(=O)NC(Cc1ccc(O)cc1)C(=O)O. The zero-order valence-electron chi connectivity index (χ0n) is 22.1. The lowest BCUT2D eigenvalue weighted by Gasteiger charge is -2.27. The summed E-state index contributed by atoms with van der Waals surface area (Å²) in [5.41, 5.74) is 6.55. The van der Waals surface area contributed by atoms with Crippen LogP contribution >= 0.6 is 0 Å². The van der Waals surface area contributed by atoms with Crippen molar-refractivity contribution in [2.75, 3.05) is 0 Å². The predicted molar refractivity (Wildman–Crippen MR) is 137 cm³/mol. The van der Waals surface area contributed by atoms with E-state index in [9.17, 15) is 29.4 Å². The zero-order chi connectivity index (χ0) is 27.6. The van der Waals surface area contributed by atoms with Gasteiger partial charge >= 0.3 is 5.97 Å². The number of carbonyl (C=O) groups is 4. The first-order chi connectivity index (χ1) is 16.7. The molecule has 0 bridgehead atoms. The number of phenolic OH excluding ortho intramolecular Hbond substituents is 1. The fraction of sp³-hybridized carbons (Fsp3) is 0.615. The third kappa shape index (κ3) is 10.6. The smallest absolute Gasteiger partial charge is 0.326 e. The average Bonchev–Trinajstić information content (AvgIpc) is 2.77. The first-order valence-corrected chi connectivity index (χ1v) is 12.4. The van der Waals surface area contributed by atoms with Crippen LogP contribution < -0.4 is 21.7 Å². The van der Waals surface area contributed by atoms with Gasteiger partial charge in [-0.25, -0.2) is 4.79 Å². The summed E-state index contributed by atoms with van der Waals surface area (Å²) in [5.74, 6) is -2.80. The molecular formula is C26H42N4O6. The highest BCUT2D eigenvalue weighted by atomic mass is 16.4. The molecule has 10 heteroatoms. The lowest BCUT2D eigenvalue weighted by molar-refractivity contribution is -0.142. The molecule has 0 aliphatic carbocycles. The molecule has 1 rings (SSSR count). The predicted octanol–water partition coefficient (Wildman–Crippen LogP) is 1.55. The van der Waals surface area contributed by atoms with Crippen molar-refractivity contribution in [2.45, 2.75) is 85.0 Å².